The van der Waals surface area contributed by atoms with Gasteiger partial charge in [0.2, 0.25) is 5.91 Å². The fourth-order valence-electron chi connectivity index (χ4n) is 2.39. The molecule has 1 aliphatic heterocycles. The maximum atomic E-state index is 12.5. The first kappa shape index (κ1) is 13.2. The van der Waals surface area contributed by atoms with Crippen LogP contribution < -0.4 is 16.8 Å². The predicted molar refractivity (Wildman–Crippen MR) is 76.4 cm³/mol. The van der Waals surface area contributed by atoms with Crippen LogP contribution in [0.25, 0.3) is 0 Å². The summed E-state index contributed by atoms with van der Waals surface area (Å²) in [4.78, 5) is 29.9. The number of nitrogens with one attached hydrogen (secondary N) is 1. The summed E-state index contributed by atoms with van der Waals surface area (Å²) in [6.45, 7) is 0.537. The van der Waals surface area contributed by atoms with Gasteiger partial charge >= 0.3 is 0 Å². The van der Waals surface area contributed by atoms with Crippen LogP contribution in [0.4, 0.5) is 10.9 Å². The normalized spacial score (nSPS) is 22.0. The van der Waals surface area contributed by atoms with E-state index in [1.165, 1.54) is 16.2 Å². The van der Waals surface area contributed by atoms with E-state index >= 15 is 0 Å². The van der Waals surface area contributed by atoms with Crippen molar-refractivity contribution in [2.45, 2.75) is 37.8 Å². The van der Waals surface area contributed by atoms with Crippen LogP contribution in [0.5, 0.6) is 0 Å². The fraction of sp³-hybridized carbons (Fsp3) is 0.583. The summed E-state index contributed by atoms with van der Waals surface area (Å²) in [6, 6.07) is -0.0718. The Morgan fingerprint density at radius 3 is 2.75 bits per heavy atom. The van der Waals surface area contributed by atoms with Crippen LogP contribution in [-0.2, 0) is 4.79 Å². The van der Waals surface area contributed by atoms with Gasteiger partial charge in [-0.15, -0.1) is 0 Å². The van der Waals surface area contributed by atoms with Crippen molar-refractivity contribution >= 4 is 34.1 Å². The zero-order valence-electron chi connectivity index (χ0n) is 11.0. The average Bonchev–Trinajstić information content (AvgIpc) is 2.93. The van der Waals surface area contributed by atoms with Crippen molar-refractivity contribution in [1.29, 1.82) is 0 Å². The number of likely N-dealkylation sites (tertiary alicyclic amines) is 1. The highest BCUT2D eigenvalue weighted by Crippen LogP contribution is 2.32. The van der Waals surface area contributed by atoms with Crippen LogP contribution in [0.2, 0.25) is 0 Å². The zero-order valence-corrected chi connectivity index (χ0v) is 11.8. The van der Waals surface area contributed by atoms with Crippen LogP contribution in [0, 0.1) is 0 Å². The third kappa shape index (κ3) is 2.43. The highest BCUT2D eigenvalue weighted by atomic mass is 32.1. The van der Waals surface area contributed by atoms with Gasteiger partial charge in [-0.2, -0.15) is 0 Å². The molecule has 2 aliphatic rings. The van der Waals surface area contributed by atoms with E-state index in [1.54, 1.807) is 0 Å². The van der Waals surface area contributed by atoms with E-state index in [2.05, 4.69) is 10.3 Å². The van der Waals surface area contributed by atoms with Crippen molar-refractivity contribution in [3.8, 4) is 0 Å². The number of hydrogen-bond acceptors (Lipinski definition) is 6. The van der Waals surface area contributed by atoms with Crippen molar-refractivity contribution in [2.75, 3.05) is 17.6 Å². The molecule has 0 aromatic carbocycles. The molecule has 1 unspecified atom stereocenters. The maximum Gasteiger partial charge on any atom is 0.268 e. The Kier molecular flexibility index (Phi) is 3.25. The number of amides is 2. The minimum absolute atomic E-state index is 0.221. The maximum absolute atomic E-state index is 12.5. The Morgan fingerprint density at radius 2 is 2.10 bits per heavy atom. The standard InChI is InChI=1S/C12H17N5O2S/c13-9-8(20-12(16-9)15-6-3-4-6)11(19)17-5-1-2-7(17)10(14)18/h6-7H,1-5,13H2,(H2,14,18)(H,15,16). The van der Waals surface area contributed by atoms with Gasteiger partial charge in [0, 0.05) is 12.6 Å². The second-order valence-corrected chi connectivity index (χ2v) is 6.21. The highest BCUT2D eigenvalue weighted by molar-refractivity contribution is 7.18. The lowest BCUT2D eigenvalue weighted by molar-refractivity contribution is -0.121. The van der Waals surface area contributed by atoms with Crippen LogP contribution in [0.3, 0.4) is 0 Å². The minimum Gasteiger partial charge on any atom is -0.382 e. The summed E-state index contributed by atoms with van der Waals surface area (Å²) in [7, 11) is 0. The number of carbonyl (C=O) groups is 2. The monoisotopic (exact) mass is 295 g/mol. The molecule has 1 saturated heterocycles. The first-order chi connectivity index (χ1) is 9.56. The van der Waals surface area contributed by atoms with Crippen molar-refractivity contribution in [3.63, 3.8) is 0 Å². The first-order valence-electron chi connectivity index (χ1n) is 6.69. The van der Waals surface area contributed by atoms with Gasteiger partial charge in [-0.3, -0.25) is 9.59 Å². The molecule has 20 heavy (non-hydrogen) atoms. The first-order valence-corrected chi connectivity index (χ1v) is 7.51. The second-order valence-electron chi connectivity index (χ2n) is 5.21. The molecular formula is C12H17N5O2S. The summed E-state index contributed by atoms with van der Waals surface area (Å²) < 4.78 is 0. The van der Waals surface area contributed by atoms with Gasteiger partial charge in [-0.25, -0.2) is 4.98 Å². The average molecular weight is 295 g/mol. The number of nitrogens with zero attached hydrogens (tertiary/aromatic N) is 2. The molecule has 2 fully saturated rings. The third-order valence-electron chi connectivity index (χ3n) is 3.59. The number of carbonyl (C=O) groups excluding carboxylic acids is 2. The topological polar surface area (TPSA) is 114 Å². The quantitative estimate of drug-likeness (QED) is 0.743. The van der Waals surface area contributed by atoms with Crippen molar-refractivity contribution in [1.82, 2.24) is 9.88 Å². The number of nitrogen functional groups attached to an aromatic ring is 1. The Hall–Kier alpha value is -1.83. The Labute approximate surface area is 120 Å². The van der Waals surface area contributed by atoms with E-state index < -0.39 is 11.9 Å². The van der Waals surface area contributed by atoms with Gasteiger partial charge in [-0.05, 0) is 25.7 Å². The molecule has 1 saturated carbocycles. The molecular weight excluding hydrogens is 278 g/mol. The molecule has 0 bridgehead atoms. The fourth-order valence-corrected chi connectivity index (χ4v) is 3.30. The molecule has 3 rings (SSSR count). The smallest absolute Gasteiger partial charge is 0.268 e. The number of rotatable bonds is 4. The molecule has 8 heteroatoms. The molecule has 2 heterocycles. The number of anilines is 2. The Morgan fingerprint density at radius 1 is 1.35 bits per heavy atom. The lowest BCUT2D eigenvalue weighted by Crippen LogP contribution is -2.43. The van der Waals surface area contributed by atoms with E-state index in [1.807, 2.05) is 0 Å². The molecule has 1 aromatic heterocycles. The van der Waals surface area contributed by atoms with Crippen LogP contribution >= 0.6 is 11.3 Å². The van der Waals surface area contributed by atoms with E-state index in [4.69, 9.17) is 11.5 Å². The number of aromatic nitrogens is 1. The summed E-state index contributed by atoms with van der Waals surface area (Å²) >= 11 is 1.25. The van der Waals surface area contributed by atoms with Crippen molar-refractivity contribution in [2.24, 2.45) is 5.73 Å². The number of thiazole rings is 1. The van der Waals surface area contributed by atoms with E-state index in [0.717, 1.165) is 19.3 Å². The molecule has 2 amide bonds. The lowest BCUT2D eigenvalue weighted by atomic mass is 10.2. The van der Waals surface area contributed by atoms with Gasteiger partial charge in [0.15, 0.2) is 5.13 Å². The largest absolute Gasteiger partial charge is 0.382 e. The molecule has 0 radical (unpaired) electrons. The summed E-state index contributed by atoms with van der Waals surface area (Å²) in [6.07, 6.45) is 3.65. The molecule has 1 atom stereocenters. The predicted octanol–water partition coefficient (Wildman–Crippen LogP) is 0.389. The SMILES string of the molecule is NC(=O)C1CCCN1C(=O)c1sc(NC2CC2)nc1N. The van der Waals surface area contributed by atoms with Crippen molar-refractivity contribution < 1.29 is 9.59 Å². The Bertz CT molecular complexity index is 554. The van der Waals surface area contributed by atoms with Gasteiger partial charge in [0.25, 0.3) is 5.91 Å². The van der Waals surface area contributed by atoms with Gasteiger partial charge in [0.1, 0.15) is 16.7 Å². The number of hydrogen-bond donors (Lipinski definition) is 3. The van der Waals surface area contributed by atoms with Crippen LogP contribution in [-0.4, -0.2) is 40.3 Å². The third-order valence-corrected chi connectivity index (χ3v) is 4.59. The van der Waals surface area contributed by atoms with Gasteiger partial charge in [-0.1, -0.05) is 11.3 Å². The highest BCUT2D eigenvalue weighted by Gasteiger charge is 2.35. The van der Waals surface area contributed by atoms with E-state index in [9.17, 15) is 9.59 Å². The van der Waals surface area contributed by atoms with Crippen LogP contribution in [0.1, 0.15) is 35.4 Å². The van der Waals surface area contributed by atoms with Gasteiger partial charge in [0.05, 0.1) is 0 Å². The second kappa shape index (κ2) is 4.93. The minimum atomic E-state index is -0.524. The van der Waals surface area contributed by atoms with Crippen molar-refractivity contribution in [3.05, 3.63) is 4.88 Å². The molecule has 7 nitrogen and oxygen atoms in total. The molecule has 5 N–H and O–H groups in total. The number of nitrogens with two attached hydrogens (primary N) is 2. The molecule has 0 spiro atoms. The zero-order chi connectivity index (χ0) is 14.3. The van der Waals surface area contributed by atoms with E-state index in [-0.39, 0.29) is 11.7 Å². The van der Waals surface area contributed by atoms with Gasteiger partial charge < -0.3 is 21.7 Å². The Balaban J connectivity index is 1.78. The van der Waals surface area contributed by atoms with E-state index in [0.29, 0.717) is 29.0 Å². The summed E-state index contributed by atoms with van der Waals surface area (Å²) in [5.74, 6) is -0.487. The molecule has 108 valence electrons. The molecule has 1 aromatic rings. The molecule has 1 aliphatic carbocycles. The number of primary amides is 1. The van der Waals surface area contributed by atoms with Crippen LogP contribution in [0.15, 0.2) is 0 Å². The summed E-state index contributed by atoms with van der Waals surface area (Å²) in [5.41, 5.74) is 11.2. The summed E-state index contributed by atoms with van der Waals surface area (Å²) in [5, 5.41) is 3.89. The lowest BCUT2D eigenvalue weighted by Gasteiger charge is -2.21.